The van der Waals surface area contributed by atoms with Crippen LogP contribution in [0.2, 0.25) is 0 Å². The van der Waals surface area contributed by atoms with Gasteiger partial charge in [0.25, 0.3) is 0 Å². The van der Waals surface area contributed by atoms with E-state index in [4.69, 9.17) is 4.74 Å². The van der Waals surface area contributed by atoms with Crippen LogP contribution >= 0.6 is 0 Å². The fourth-order valence-electron chi connectivity index (χ4n) is 2.43. The Labute approximate surface area is 125 Å². The summed E-state index contributed by atoms with van der Waals surface area (Å²) < 4.78 is 5.44. The first-order chi connectivity index (χ1) is 10.0. The van der Waals surface area contributed by atoms with E-state index in [2.05, 4.69) is 10.3 Å². The number of amides is 1. The molecular formula is C15H23N3O3. The number of hydrogen-bond acceptors (Lipinski definition) is 5. The van der Waals surface area contributed by atoms with Crippen molar-refractivity contribution in [1.29, 1.82) is 0 Å². The molecule has 0 aliphatic carbocycles. The molecule has 0 spiro atoms. The van der Waals surface area contributed by atoms with Crippen molar-refractivity contribution in [2.75, 3.05) is 24.7 Å². The van der Waals surface area contributed by atoms with Crippen molar-refractivity contribution in [2.24, 2.45) is 0 Å². The average molecular weight is 293 g/mol. The van der Waals surface area contributed by atoms with Gasteiger partial charge in [0.2, 0.25) is 5.91 Å². The number of aromatic nitrogens is 1. The number of nitrogens with one attached hydrogen (secondary N) is 1. The Kier molecular flexibility index (Phi) is 5.14. The quantitative estimate of drug-likeness (QED) is 0.861. The van der Waals surface area contributed by atoms with Gasteiger partial charge in [-0.25, -0.2) is 4.98 Å². The minimum Gasteiger partial charge on any atom is -0.389 e. The number of morpholine rings is 1. The molecule has 21 heavy (non-hydrogen) atoms. The summed E-state index contributed by atoms with van der Waals surface area (Å²) >= 11 is 0. The molecule has 0 aromatic carbocycles. The molecule has 1 aromatic heterocycles. The number of carbonyl (C=O) groups is 1. The van der Waals surface area contributed by atoms with E-state index in [1.807, 2.05) is 24.8 Å². The molecule has 0 saturated carbocycles. The number of anilines is 1. The lowest BCUT2D eigenvalue weighted by molar-refractivity contribution is -0.125. The van der Waals surface area contributed by atoms with E-state index >= 15 is 0 Å². The molecule has 1 amide bonds. The Balaban J connectivity index is 2.29. The van der Waals surface area contributed by atoms with Crippen LogP contribution in [0.1, 0.15) is 32.4 Å². The number of ether oxygens (including phenoxy) is 1. The predicted octanol–water partition coefficient (Wildman–Crippen LogP) is 0.865. The first-order valence-electron chi connectivity index (χ1n) is 7.28. The standard InChI is InChI=1S/C15H23N3O3/c1-10(2)17-15(20)13-9-21-8-7-18(13)14-12(11(3)19)5-4-6-16-14/h4-6,10-11,13,19H,7-9H2,1-3H3,(H,17,20)/t11-,13?/m0/s1. The van der Waals surface area contributed by atoms with Crippen LogP contribution in [-0.4, -0.2) is 47.8 Å². The molecule has 2 N–H and O–H groups in total. The summed E-state index contributed by atoms with van der Waals surface area (Å²) in [6.07, 6.45) is 1.04. The summed E-state index contributed by atoms with van der Waals surface area (Å²) in [6, 6.07) is 3.27. The molecule has 0 radical (unpaired) electrons. The normalized spacial score (nSPS) is 20.4. The fraction of sp³-hybridized carbons (Fsp3) is 0.600. The molecule has 2 atom stereocenters. The second kappa shape index (κ2) is 6.87. The Hall–Kier alpha value is -1.66. The van der Waals surface area contributed by atoms with Gasteiger partial charge in [0.1, 0.15) is 11.9 Å². The van der Waals surface area contributed by atoms with Crippen molar-refractivity contribution in [3.63, 3.8) is 0 Å². The maximum absolute atomic E-state index is 12.4. The minimum absolute atomic E-state index is 0.0706. The number of rotatable bonds is 4. The number of pyridine rings is 1. The van der Waals surface area contributed by atoms with E-state index < -0.39 is 12.1 Å². The van der Waals surface area contributed by atoms with Crippen molar-refractivity contribution in [3.8, 4) is 0 Å². The highest BCUT2D eigenvalue weighted by molar-refractivity contribution is 5.85. The molecule has 6 nitrogen and oxygen atoms in total. The van der Waals surface area contributed by atoms with Gasteiger partial charge in [0, 0.05) is 24.3 Å². The monoisotopic (exact) mass is 293 g/mol. The molecule has 1 aliphatic rings. The van der Waals surface area contributed by atoms with Crippen LogP contribution in [0.5, 0.6) is 0 Å². The van der Waals surface area contributed by atoms with Crippen LogP contribution in [0.3, 0.4) is 0 Å². The van der Waals surface area contributed by atoms with Gasteiger partial charge in [-0.1, -0.05) is 6.07 Å². The Morgan fingerprint density at radius 3 is 2.95 bits per heavy atom. The molecule has 0 bridgehead atoms. The Morgan fingerprint density at radius 1 is 1.52 bits per heavy atom. The van der Waals surface area contributed by atoms with Crippen molar-refractivity contribution in [2.45, 2.75) is 39.0 Å². The maximum atomic E-state index is 12.4. The van der Waals surface area contributed by atoms with Crippen LogP contribution in [0.4, 0.5) is 5.82 Å². The highest BCUT2D eigenvalue weighted by Gasteiger charge is 2.32. The van der Waals surface area contributed by atoms with Gasteiger partial charge in [0.15, 0.2) is 0 Å². The van der Waals surface area contributed by atoms with Gasteiger partial charge in [-0.15, -0.1) is 0 Å². The van der Waals surface area contributed by atoms with Crippen LogP contribution in [0.15, 0.2) is 18.3 Å². The molecule has 1 aliphatic heterocycles. The third kappa shape index (κ3) is 3.71. The number of hydrogen-bond donors (Lipinski definition) is 2. The van der Waals surface area contributed by atoms with E-state index in [9.17, 15) is 9.90 Å². The fourth-order valence-corrected chi connectivity index (χ4v) is 2.43. The lowest BCUT2D eigenvalue weighted by Gasteiger charge is -2.37. The second-order valence-corrected chi connectivity index (χ2v) is 5.54. The predicted molar refractivity (Wildman–Crippen MR) is 80.1 cm³/mol. The van der Waals surface area contributed by atoms with Crippen molar-refractivity contribution in [3.05, 3.63) is 23.9 Å². The minimum atomic E-state index is -0.634. The summed E-state index contributed by atoms with van der Waals surface area (Å²) in [5.41, 5.74) is 0.724. The van der Waals surface area contributed by atoms with E-state index in [1.54, 1.807) is 19.2 Å². The van der Waals surface area contributed by atoms with Gasteiger partial charge < -0.3 is 20.1 Å². The molecule has 6 heteroatoms. The van der Waals surface area contributed by atoms with E-state index in [0.29, 0.717) is 25.6 Å². The van der Waals surface area contributed by atoms with E-state index in [0.717, 1.165) is 5.56 Å². The average Bonchev–Trinajstić information content (AvgIpc) is 2.46. The zero-order valence-electron chi connectivity index (χ0n) is 12.7. The van der Waals surface area contributed by atoms with Crippen molar-refractivity contribution in [1.82, 2.24) is 10.3 Å². The van der Waals surface area contributed by atoms with E-state index in [1.165, 1.54) is 0 Å². The summed E-state index contributed by atoms with van der Waals surface area (Å²) in [4.78, 5) is 18.6. The van der Waals surface area contributed by atoms with Crippen LogP contribution in [0.25, 0.3) is 0 Å². The topological polar surface area (TPSA) is 74.7 Å². The number of aliphatic hydroxyl groups is 1. The first kappa shape index (κ1) is 15.7. The second-order valence-electron chi connectivity index (χ2n) is 5.54. The van der Waals surface area contributed by atoms with Crippen LogP contribution in [-0.2, 0) is 9.53 Å². The molecule has 2 rings (SSSR count). The lowest BCUT2D eigenvalue weighted by Crippen LogP contribution is -2.55. The molecule has 116 valence electrons. The molecule has 1 aromatic rings. The van der Waals surface area contributed by atoms with Crippen LogP contribution < -0.4 is 10.2 Å². The molecule has 1 saturated heterocycles. The highest BCUT2D eigenvalue weighted by atomic mass is 16.5. The zero-order chi connectivity index (χ0) is 15.4. The Bertz CT molecular complexity index is 491. The van der Waals surface area contributed by atoms with Crippen molar-refractivity contribution < 1.29 is 14.6 Å². The maximum Gasteiger partial charge on any atom is 0.245 e. The van der Waals surface area contributed by atoms with Gasteiger partial charge in [-0.2, -0.15) is 0 Å². The SMILES string of the molecule is CC(C)NC(=O)C1COCCN1c1ncccc1[C@H](C)O. The molecule has 2 heterocycles. The van der Waals surface area contributed by atoms with Gasteiger partial charge in [0.05, 0.1) is 19.3 Å². The smallest absolute Gasteiger partial charge is 0.245 e. The first-order valence-corrected chi connectivity index (χ1v) is 7.28. The largest absolute Gasteiger partial charge is 0.389 e. The number of carbonyl (C=O) groups excluding carboxylic acids is 1. The zero-order valence-corrected chi connectivity index (χ0v) is 12.7. The summed E-state index contributed by atoms with van der Waals surface area (Å²) in [5.74, 6) is 0.576. The molecule has 1 fully saturated rings. The summed E-state index contributed by atoms with van der Waals surface area (Å²) in [7, 11) is 0. The van der Waals surface area contributed by atoms with Gasteiger partial charge in [-0.05, 0) is 26.8 Å². The summed E-state index contributed by atoms with van der Waals surface area (Å²) in [5, 5.41) is 12.8. The van der Waals surface area contributed by atoms with Gasteiger partial charge >= 0.3 is 0 Å². The number of nitrogens with zero attached hydrogens (tertiary/aromatic N) is 2. The molecule has 1 unspecified atom stereocenters. The van der Waals surface area contributed by atoms with Crippen molar-refractivity contribution >= 4 is 11.7 Å². The third-order valence-electron chi connectivity index (χ3n) is 3.40. The van der Waals surface area contributed by atoms with E-state index in [-0.39, 0.29) is 11.9 Å². The summed E-state index contributed by atoms with van der Waals surface area (Å²) in [6.45, 7) is 6.99. The number of aliphatic hydroxyl groups excluding tert-OH is 1. The highest BCUT2D eigenvalue weighted by Crippen LogP contribution is 2.26. The van der Waals surface area contributed by atoms with Gasteiger partial charge in [-0.3, -0.25) is 4.79 Å². The molecular weight excluding hydrogens is 270 g/mol. The third-order valence-corrected chi connectivity index (χ3v) is 3.40. The van der Waals surface area contributed by atoms with Crippen LogP contribution in [0, 0.1) is 0 Å². The lowest BCUT2D eigenvalue weighted by atomic mass is 10.1. The Morgan fingerprint density at radius 2 is 2.29 bits per heavy atom.